The van der Waals surface area contributed by atoms with Crippen molar-refractivity contribution in [3.63, 3.8) is 0 Å². The molecular weight excluding hydrogens is 275 g/mol. The van der Waals surface area contributed by atoms with Crippen molar-refractivity contribution in [3.05, 3.63) is 0 Å². The Morgan fingerprint density at radius 1 is 1.38 bits per heavy atom. The lowest BCUT2D eigenvalue weighted by Gasteiger charge is -2.35. The SMILES string of the molecule is CC(C)(C)C(NC(=O)C1(F)CC1)C(=O)N1CCCC1C=O. The van der Waals surface area contributed by atoms with Crippen molar-refractivity contribution in [1.29, 1.82) is 0 Å². The summed E-state index contributed by atoms with van der Waals surface area (Å²) in [4.78, 5) is 37.1. The second-order valence-corrected chi connectivity index (χ2v) is 7.12. The molecule has 2 rings (SSSR count). The van der Waals surface area contributed by atoms with E-state index in [9.17, 15) is 18.8 Å². The van der Waals surface area contributed by atoms with Crippen molar-refractivity contribution >= 4 is 18.1 Å². The average Bonchev–Trinajstić information content (AvgIpc) is 2.98. The van der Waals surface area contributed by atoms with Crippen molar-refractivity contribution in [2.75, 3.05) is 6.54 Å². The van der Waals surface area contributed by atoms with Crippen LogP contribution in [0.5, 0.6) is 0 Å². The van der Waals surface area contributed by atoms with Crippen LogP contribution >= 0.6 is 0 Å². The van der Waals surface area contributed by atoms with Gasteiger partial charge in [0.15, 0.2) is 5.67 Å². The van der Waals surface area contributed by atoms with Crippen LogP contribution in [0.4, 0.5) is 4.39 Å². The van der Waals surface area contributed by atoms with Crippen LogP contribution in [0.1, 0.15) is 46.5 Å². The van der Waals surface area contributed by atoms with Crippen LogP contribution < -0.4 is 5.32 Å². The zero-order chi connectivity index (χ0) is 15.8. The van der Waals surface area contributed by atoms with E-state index in [-0.39, 0.29) is 18.7 Å². The zero-order valence-electron chi connectivity index (χ0n) is 12.8. The third kappa shape index (κ3) is 3.24. The number of aldehydes is 1. The van der Waals surface area contributed by atoms with Gasteiger partial charge < -0.3 is 15.0 Å². The molecule has 6 heteroatoms. The van der Waals surface area contributed by atoms with Crippen LogP contribution in [-0.4, -0.2) is 47.3 Å². The van der Waals surface area contributed by atoms with Gasteiger partial charge in [-0.3, -0.25) is 9.59 Å². The first-order valence-electron chi connectivity index (χ1n) is 7.45. The quantitative estimate of drug-likeness (QED) is 0.793. The molecule has 1 saturated carbocycles. The van der Waals surface area contributed by atoms with Crippen molar-refractivity contribution in [2.45, 2.75) is 64.2 Å². The van der Waals surface area contributed by atoms with E-state index in [1.807, 2.05) is 20.8 Å². The molecule has 1 aliphatic carbocycles. The van der Waals surface area contributed by atoms with Gasteiger partial charge >= 0.3 is 0 Å². The van der Waals surface area contributed by atoms with Crippen molar-refractivity contribution < 1.29 is 18.8 Å². The number of alkyl halides is 1. The van der Waals surface area contributed by atoms with Gasteiger partial charge in [0.25, 0.3) is 5.91 Å². The fraction of sp³-hybridized carbons (Fsp3) is 0.800. The molecule has 5 nitrogen and oxygen atoms in total. The fourth-order valence-corrected chi connectivity index (χ4v) is 2.62. The van der Waals surface area contributed by atoms with E-state index < -0.39 is 29.1 Å². The summed E-state index contributed by atoms with van der Waals surface area (Å²) in [6, 6.07) is -1.25. The molecule has 2 atom stereocenters. The number of nitrogens with one attached hydrogen (secondary N) is 1. The van der Waals surface area contributed by atoms with E-state index in [1.165, 1.54) is 4.90 Å². The predicted molar refractivity (Wildman–Crippen MR) is 75.3 cm³/mol. The molecular formula is C15H23FN2O3. The molecule has 118 valence electrons. The number of hydrogen-bond donors (Lipinski definition) is 1. The Balaban J connectivity index is 2.14. The molecule has 2 unspecified atom stereocenters. The number of rotatable bonds is 4. The normalized spacial score (nSPS) is 25.3. The van der Waals surface area contributed by atoms with Crippen LogP contribution in [0.2, 0.25) is 0 Å². The molecule has 0 aromatic carbocycles. The minimum absolute atomic E-state index is 0.213. The summed E-state index contributed by atoms with van der Waals surface area (Å²) in [7, 11) is 0. The van der Waals surface area contributed by atoms with Gasteiger partial charge in [0, 0.05) is 6.54 Å². The topological polar surface area (TPSA) is 66.5 Å². The van der Waals surface area contributed by atoms with Crippen LogP contribution in [0.15, 0.2) is 0 Å². The molecule has 0 spiro atoms. The van der Waals surface area contributed by atoms with Crippen molar-refractivity contribution in [1.82, 2.24) is 10.2 Å². The highest BCUT2D eigenvalue weighted by molar-refractivity contribution is 5.94. The first kappa shape index (κ1) is 15.9. The van der Waals surface area contributed by atoms with Crippen molar-refractivity contribution in [3.8, 4) is 0 Å². The van der Waals surface area contributed by atoms with Gasteiger partial charge in [-0.05, 0) is 31.1 Å². The standard InChI is InChI=1S/C15H23FN2O3/c1-14(2,3)11(17-13(21)15(16)6-7-15)12(20)18-8-4-5-10(18)9-19/h9-11H,4-8H2,1-3H3,(H,17,21). The molecule has 0 bridgehead atoms. The Hall–Kier alpha value is -1.46. The summed E-state index contributed by atoms with van der Waals surface area (Å²) >= 11 is 0. The summed E-state index contributed by atoms with van der Waals surface area (Å²) in [6.45, 7) is 5.96. The van der Waals surface area contributed by atoms with Crippen LogP contribution in [0.25, 0.3) is 0 Å². The zero-order valence-corrected chi connectivity index (χ0v) is 12.8. The second-order valence-electron chi connectivity index (χ2n) is 7.12. The number of likely N-dealkylation sites (tertiary alicyclic amines) is 1. The van der Waals surface area contributed by atoms with E-state index in [1.54, 1.807) is 0 Å². The number of nitrogens with zero attached hydrogens (tertiary/aromatic N) is 1. The maximum atomic E-state index is 13.8. The van der Waals surface area contributed by atoms with E-state index in [0.29, 0.717) is 13.0 Å². The Kier molecular flexibility index (Phi) is 4.08. The largest absolute Gasteiger partial charge is 0.341 e. The Morgan fingerprint density at radius 3 is 2.48 bits per heavy atom. The first-order chi connectivity index (χ1) is 9.69. The van der Waals surface area contributed by atoms with Gasteiger partial charge in [-0.15, -0.1) is 0 Å². The third-order valence-electron chi connectivity index (χ3n) is 4.22. The van der Waals surface area contributed by atoms with Gasteiger partial charge in [0.2, 0.25) is 5.91 Å². The highest BCUT2D eigenvalue weighted by atomic mass is 19.1. The van der Waals surface area contributed by atoms with Gasteiger partial charge in [-0.1, -0.05) is 20.8 Å². The third-order valence-corrected chi connectivity index (χ3v) is 4.22. The molecule has 0 radical (unpaired) electrons. The molecule has 2 fully saturated rings. The summed E-state index contributed by atoms with van der Waals surface area (Å²) in [5.41, 5.74) is -2.35. The Labute approximate surface area is 124 Å². The second kappa shape index (κ2) is 5.39. The van der Waals surface area contributed by atoms with E-state index in [0.717, 1.165) is 12.7 Å². The lowest BCUT2D eigenvalue weighted by Crippen LogP contribution is -2.57. The summed E-state index contributed by atoms with van der Waals surface area (Å²) in [5.74, 6) is -1.01. The maximum Gasteiger partial charge on any atom is 0.258 e. The number of carbonyl (C=O) groups is 3. The Bertz CT molecular complexity index is 454. The number of hydrogen-bond acceptors (Lipinski definition) is 3. The highest BCUT2D eigenvalue weighted by Crippen LogP contribution is 2.40. The first-order valence-corrected chi connectivity index (χ1v) is 7.45. The highest BCUT2D eigenvalue weighted by Gasteiger charge is 2.52. The molecule has 21 heavy (non-hydrogen) atoms. The van der Waals surface area contributed by atoms with E-state index in [4.69, 9.17) is 0 Å². The van der Waals surface area contributed by atoms with E-state index in [2.05, 4.69) is 5.32 Å². The van der Waals surface area contributed by atoms with Gasteiger partial charge in [-0.25, -0.2) is 4.39 Å². The summed E-state index contributed by atoms with van der Waals surface area (Å²) in [5, 5.41) is 2.56. The molecule has 0 aromatic rings. The molecule has 2 amide bonds. The number of carbonyl (C=O) groups excluding carboxylic acids is 3. The molecule has 1 aliphatic heterocycles. The van der Waals surface area contributed by atoms with Crippen molar-refractivity contribution in [2.24, 2.45) is 5.41 Å². The summed E-state index contributed by atoms with van der Waals surface area (Å²) < 4.78 is 13.8. The van der Waals surface area contributed by atoms with Crippen LogP contribution in [0, 0.1) is 5.41 Å². The minimum atomic E-state index is -1.81. The molecule has 2 aliphatic rings. The molecule has 1 N–H and O–H groups in total. The molecule has 1 heterocycles. The lowest BCUT2D eigenvalue weighted by molar-refractivity contribution is -0.142. The van der Waals surface area contributed by atoms with Crippen LogP contribution in [0.3, 0.4) is 0 Å². The van der Waals surface area contributed by atoms with Crippen LogP contribution in [-0.2, 0) is 14.4 Å². The Morgan fingerprint density at radius 2 is 2.00 bits per heavy atom. The number of halogens is 1. The van der Waals surface area contributed by atoms with Gasteiger partial charge in [0.1, 0.15) is 12.3 Å². The van der Waals surface area contributed by atoms with Gasteiger partial charge in [0.05, 0.1) is 6.04 Å². The predicted octanol–water partition coefficient (Wildman–Crippen LogP) is 1.21. The monoisotopic (exact) mass is 298 g/mol. The van der Waals surface area contributed by atoms with Gasteiger partial charge in [-0.2, -0.15) is 0 Å². The number of amides is 2. The maximum absolute atomic E-state index is 13.8. The fourth-order valence-electron chi connectivity index (χ4n) is 2.62. The summed E-state index contributed by atoms with van der Waals surface area (Å²) in [6.07, 6.45) is 2.61. The average molecular weight is 298 g/mol. The van der Waals surface area contributed by atoms with E-state index >= 15 is 0 Å². The molecule has 0 aromatic heterocycles. The minimum Gasteiger partial charge on any atom is -0.341 e. The molecule has 1 saturated heterocycles. The smallest absolute Gasteiger partial charge is 0.258 e. The lowest BCUT2D eigenvalue weighted by atomic mass is 9.85.